The Balaban J connectivity index is 3.74. The Bertz CT molecular complexity index is 194. The largest absolute Gasteiger partial charge is 0.480 e. The molecule has 0 saturated carbocycles. The van der Waals surface area contributed by atoms with Gasteiger partial charge in [-0.25, -0.2) is 4.79 Å². The minimum absolute atomic E-state index is 0.178. The van der Waals surface area contributed by atoms with Gasteiger partial charge in [-0.2, -0.15) is 0 Å². The zero-order valence-corrected chi connectivity index (χ0v) is 8.67. The molecule has 0 aliphatic heterocycles. The van der Waals surface area contributed by atoms with Crippen molar-refractivity contribution in [2.24, 2.45) is 0 Å². The summed E-state index contributed by atoms with van der Waals surface area (Å²) in [5.74, 6) is -1.26. The van der Waals surface area contributed by atoms with Crippen molar-refractivity contribution >= 4 is 11.9 Å². The van der Waals surface area contributed by atoms with Gasteiger partial charge in [-0.3, -0.25) is 4.79 Å². The van der Waals surface area contributed by atoms with Crippen LogP contribution in [0.15, 0.2) is 0 Å². The van der Waals surface area contributed by atoms with Crippen LogP contribution >= 0.6 is 0 Å². The quantitative estimate of drug-likeness (QED) is 0.506. The maximum absolute atomic E-state index is 11.2. The van der Waals surface area contributed by atoms with Gasteiger partial charge in [0.1, 0.15) is 6.04 Å². The van der Waals surface area contributed by atoms with Crippen LogP contribution in [0.1, 0.15) is 26.7 Å². The maximum atomic E-state index is 11.2. The average Bonchev–Trinajstić information content (AvgIpc) is 2.14. The fourth-order valence-electron chi connectivity index (χ4n) is 0.962. The molecule has 0 aromatic carbocycles. The van der Waals surface area contributed by atoms with E-state index in [1.165, 1.54) is 0 Å². The molecule has 14 heavy (non-hydrogen) atoms. The molecule has 0 aromatic rings. The maximum Gasteiger partial charge on any atom is 0.326 e. The van der Waals surface area contributed by atoms with Gasteiger partial charge in [0, 0.05) is 0 Å². The van der Waals surface area contributed by atoms with E-state index in [1.807, 2.05) is 6.92 Å². The fourth-order valence-corrected chi connectivity index (χ4v) is 0.962. The highest BCUT2D eigenvalue weighted by Gasteiger charge is 2.16. The average molecular weight is 202 g/mol. The lowest BCUT2D eigenvalue weighted by Gasteiger charge is -2.12. The molecule has 0 rings (SSSR count). The van der Waals surface area contributed by atoms with Crippen LogP contribution < -0.4 is 10.6 Å². The van der Waals surface area contributed by atoms with E-state index in [9.17, 15) is 9.59 Å². The molecule has 0 bridgehead atoms. The SMILES string of the molecule is CCCNCC(=O)N[C@@H](CC)C(=O)O. The van der Waals surface area contributed by atoms with Crippen molar-refractivity contribution in [2.45, 2.75) is 32.7 Å². The predicted molar refractivity (Wildman–Crippen MR) is 53.0 cm³/mol. The lowest BCUT2D eigenvalue weighted by Crippen LogP contribution is -2.44. The minimum Gasteiger partial charge on any atom is -0.480 e. The Morgan fingerprint density at radius 3 is 2.43 bits per heavy atom. The molecule has 0 spiro atoms. The lowest BCUT2D eigenvalue weighted by atomic mass is 10.2. The van der Waals surface area contributed by atoms with Crippen molar-refractivity contribution in [2.75, 3.05) is 13.1 Å². The van der Waals surface area contributed by atoms with E-state index in [0.717, 1.165) is 13.0 Å². The van der Waals surface area contributed by atoms with Crippen molar-refractivity contribution in [1.29, 1.82) is 0 Å². The number of carboxylic acids is 1. The normalized spacial score (nSPS) is 12.1. The summed E-state index contributed by atoms with van der Waals surface area (Å²) in [6.45, 7) is 4.66. The Labute approximate surface area is 83.9 Å². The number of carbonyl (C=O) groups excluding carboxylic acids is 1. The van der Waals surface area contributed by atoms with Crippen LogP contribution in [0.5, 0.6) is 0 Å². The first-order valence-electron chi connectivity index (χ1n) is 4.84. The molecular formula is C9H18N2O3. The molecule has 0 aromatic heterocycles. The number of carboxylic acid groups (broad SMARTS) is 1. The molecule has 82 valence electrons. The van der Waals surface area contributed by atoms with E-state index in [1.54, 1.807) is 6.92 Å². The van der Waals surface area contributed by atoms with E-state index < -0.39 is 12.0 Å². The molecule has 0 saturated heterocycles. The molecular weight excluding hydrogens is 184 g/mol. The molecule has 5 nitrogen and oxygen atoms in total. The second-order valence-corrected chi connectivity index (χ2v) is 3.04. The van der Waals surface area contributed by atoms with Crippen molar-refractivity contribution < 1.29 is 14.7 Å². The van der Waals surface area contributed by atoms with Crippen molar-refractivity contribution in [3.05, 3.63) is 0 Å². The number of hydrogen-bond acceptors (Lipinski definition) is 3. The second kappa shape index (κ2) is 7.32. The Morgan fingerprint density at radius 2 is 2.00 bits per heavy atom. The Kier molecular flexibility index (Phi) is 6.74. The summed E-state index contributed by atoms with van der Waals surface area (Å²) in [6, 6.07) is -0.772. The van der Waals surface area contributed by atoms with E-state index in [0.29, 0.717) is 6.42 Å². The van der Waals surface area contributed by atoms with E-state index in [4.69, 9.17) is 5.11 Å². The molecule has 0 unspecified atom stereocenters. The third kappa shape index (κ3) is 5.53. The number of carbonyl (C=O) groups is 2. The van der Waals surface area contributed by atoms with Gasteiger partial charge in [-0.1, -0.05) is 13.8 Å². The Hall–Kier alpha value is -1.10. The molecule has 0 aliphatic rings. The van der Waals surface area contributed by atoms with Gasteiger partial charge in [0.15, 0.2) is 0 Å². The fraction of sp³-hybridized carbons (Fsp3) is 0.778. The minimum atomic E-state index is -0.989. The van der Waals surface area contributed by atoms with Crippen LogP contribution in [0.25, 0.3) is 0 Å². The smallest absolute Gasteiger partial charge is 0.326 e. The molecule has 0 aliphatic carbocycles. The van der Waals surface area contributed by atoms with Gasteiger partial charge < -0.3 is 15.7 Å². The zero-order valence-electron chi connectivity index (χ0n) is 8.67. The van der Waals surface area contributed by atoms with Crippen LogP contribution in [0.2, 0.25) is 0 Å². The van der Waals surface area contributed by atoms with Gasteiger partial charge >= 0.3 is 5.97 Å². The first-order valence-corrected chi connectivity index (χ1v) is 4.84. The number of hydrogen-bond donors (Lipinski definition) is 3. The number of rotatable bonds is 7. The van der Waals surface area contributed by atoms with Crippen molar-refractivity contribution in [3.63, 3.8) is 0 Å². The summed E-state index contributed by atoms with van der Waals surface area (Å²) in [5.41, 5.74) is 0. The van der Waals surface area contributed by atoms with E-state index in [2.05, 4.69) is 10.6 Å². The standard InChI is InChI=1S/C9H18N2O3/c1-3-5-10-6-8(12)11-7(4-2)9(13)14/h7,10H,3-6H2,1-2H3,(H,11,12)(H,13,14)/t7-/m0/s1. The van der Waals surface area contributed by atoms with Crippen LogP contribution in [0.3, 0.4) is 0 Å². The summed E-state index contributed by atoms with van der Waals surface area (Å²) in [6.07, 6.45) is 1.35. The van der Waals surface area contributed by atoms with Gasteiger partial charge in [-0.15, -0.1) is 0 Å². The van der Waals surface area contributed by atoms with Crippen molar-refractivity contribution in [1.82, 2.24) is 10.6 Å². The highest BCUT2D eigenvalue weighted by atomic mass is 16.4. The highest BCUT2D eigenvalue weighted by molar-refractivity contribution is 5.84. The van der Waals surface area contributed by atoms with Crippen molar-refractivity contribution in [3.8, 4) is 0 Å². The first-order chi connectivity index (χ1) is 6.61. The summed E-state index contributed by atoms with van der Waals surface area (Å²) < 4.78 is 0. The topological polar surface area (TPSA) is 78.4 Å². The van der Waals surface area contributed by atoms with Gasteiger partial charge in [0.2, 0.25) is 5.91 Å². The number of aliphatic carboxylic acids is 1. The monoisotopic (exact) mass is 202 g/mol. The predicted octanol–water partition coefficient (Wildman–Crippen LogP) is -0.0346. The van der Waals surface area contributed by atoms with Gasteiger partial charge in [-0.05, 0) is 19.4 Å². The first kappa shape index (κ1) is 12.9. The summed E-state index contributed by atoms with van der Waals surface area (Å²) in [7, 11) is 0. The van der Waals surface area contributed by atoms with Gasteiger partial charge in [0.05, 0.1) is 6.54 Å². The molecule has 1 atom stereocenters. The summed E-state index contributed by atoms with van der Waals surface area (Å²) in [4.78, 5) is 21.7. The Morgan fingerprint density at radius 1 is 1.36 bits per heavy atom. The van der Waals surface area contributed by atoms with Crippen LogP contribution in [0, 0.1) is 0 Å². The molecule has 5 heteroatoms. The van der Waals surface area contributed by atoms with Crippen LogP contribution in [-0.2, 0) is 9.59 Å². The summed E-state index contributed by atoms with van der Waals surface area (Å²) in [5, 5.41) is 14.0. The van der Waals surface area contributed by atoms with E-state index >= 15 is 0 Å². The molecule has 1 amide bonds. The van der Waals surface area contributed by atoms with E-state index in [-0.39, 0.29) is 12.5 Å². The van der Waals surface area contributed by atoms with Gasteiger partial charge in [0.25, 0.3) is 0 Å². The molecule has 0 radical (unpaired) electrons. The molecule has 3 N–H and O–H groups in total. The third-order valence-corrected chi connectivity index (χ3v) is 1.75. The summed E-state index contributed by atoms with van der Waals surface area (Å²) >= 11 is 0. The van der Waals surface area contributed by atoms with Crippen LogP contribution in [-0.4, -0.2) is 36.1 Å². The molecule has 0 fully saturated rings. The third-order valence-electron chi connectivity index (χ3n) is 1.75. The number of nitrogens with one attached hydrogen (secondary N) is 2. The molecule has 0 heterocycles. The zero-order chi connectivity index (χ0) is 11.0. The van der Waals surface area contributed by atoms with Crippen LogP contribution in [0.4, 0.5) is 0 Å². The second-order valence-electron chi connectivity index (χ2n) is 3.04. The lowest BCUT2D eigenvalue weighted by molar-refractivity contribution is -0.141. The number of amides is 1. The highest BCUT2D eigenvalue weighted by Crippen LogP contribution is 1.89.